The van der Waals surface area contributed by atoms with E-state index in [9.17, 15) is 18.0 Å². The molecule has 0 aliphatic rings. The molecular formula is C14H14F3N3OS2. The van der Waals surface area contributed by atoms with Crippen LogP contribution in [-0.2, 0) is 6.54 Å². The van der Waals surface area contributed by atoms with Crippen LogP contribution in [0.25, 0.3) is 0 Å². The molecule has 1 aromatic carbocycles. The Balaban J connectivity index is 2.17. The second-order valence-corrected chi connectivity index (χ2v) is 6.65. The highest BCUT2D eigenvalue weighted by Crippen LogP contribution is 2.33. The summed E-state index contributed by atoms with van der Waals surface area (Å²) in [6.07, 6.45) is -4.28. The summed E-state index contributed by atoms with van der Waals surface area (Å²) in [6, 6.07) is 4.89. The third kappa shape index (κ3) is 5.22. The maximum absolute atomic E-state index is 12.4. The molecule has 9 heteroatoms. The molecule has 0 atom stereocenters. The zero-order valence-corrected chi connectivity index (χ0v) is 13.7. The first-order valence-corrected chi connectivity index (χ1v) is 8.41. The van der Waals surface area contributed by atoms with E-state index in [2.05, 4.69) is 10.3 Å². The van der Waals surface area contributed by atoms with Gasteiger partial charge in [-0.3, -0.25) is 4.79 Å². The van der Waals surface area contributed by atoms with Gasteiger partial charge in [0.15, 0.2) is 0 Å². The fraction of sp³-hybridized carbons (Fsp3) is 0.286. The van der Waals surface area contributed by atoms with Crippen molar-refractivity contribution in [2.24, 2.45) is 5.73 Å². The van der Waals surface area contributed by atoms with Crippen LogP contribution in [0.3, 0.4) is 0 Å². The Morgan fingerprint density at radius 3 is 2.78 bits per heavy atom. The number of aromatic nitrogens is 1. The van der Waals surface area contributed by atoms with E-state index in [1.807, 2.05) is 0 Å². The van der Waals surface area contributed by atoms with Crippen LogP contribution in [0.1, 0.15) is 21.1 Å². The van der Waals surface area contributed by atoms with E-state index in [0.29, 0.717) is 27.4 Å². The van der Waals surface area contributed by atoms with Gasteiger partial charge in [-0.05, 0) is 24.6 Å². The van der Waals surface area contributed by atoms with Crippen molar-refractivity contribution < 1.29 is 18.0 Å². The molecule has 3 N–H and O–H groups in total. The van der Waals surface area contributed by atoms with Crippen LogP contribution < -0.4 is 11.1 Å². The normalized spacial score (nSPS) is 11.5. The number of nitrogens with two attached hydrogens (primary N) is 1. The lowest BCUT2D eigenvalue weighted by molar-refractivity contribution is -0.105. The zero-order valence-electron chi connectivity index (χ0n) is 12.1. The Kier molecular flexibility index (Phi) is 5.66. The average molecular weight is 361 g/mol. The number of anilines is 1. The van der Waals surface area contributed by atoms with Crippen molar-refractivity contribution in [1.82, 2.24) is 4.98 Å². The van der Waals surface area contributed by atoms with Gasteiger partial charge in [0.05, 0.1) is 11.4 Å². The molecule has 0 aliphatic heterocycles. The Morgan fingerprint density at radius 2 is 2.17 bits per heavy atom. The molecule has 1 aromatic heterocycles. The molecule has 124 valence electrons. The number of carbonyl (C=O) groups is 1. The Bertz CT molecular complexity index is 701. The molecule has 0 radical (unpaired) electrons. The number of carbonyl (C=O) groups excluding carboxylic acids is 1. The van der Waals surface area contributed by atoms with Gasteiger partial charge in [-0.2, -0.15) is 13.2 Å². The van der Waals surface area contributed by atoms with Gasteiger partial charge in [-0.15, -0.1) is 23.1 Å². The number of halogens is 3. The van der Waals surface area contributed by atoms with Crippen LogP contribution in [0.2, 0.25) is 0 Å². The molecule has 0 saturated heterocycles. The highest BCUT2D eigenvalue weighted by atomic mass is 32.2. The predicted octanol–water partition coefficient (Wildman–Crippen LogP) is 3.82. The first-order valence-electron chi connectivity index (χ1n) is 6.54. The first-order chi connectivity index (χ1) is 10.8. The first kappa shape index (κ1) is 17.8. The number of hydrogen-bond donors (Lipinski definition) is 2. The number of amides is 1. The smallest absolute Gasteiger partial charge is 0.325 e. The van der Waals surface area contributed by atoms with Crippen LogP contribution in [0.15, 0.2) is 28.5 Å². The number of nitrogens with one attached hydrogen (secondary N) is 1. The van der Waals surface area contributed by atoms with Crippen LogP contribution >= 0.6 is 23.1 Å². The molecule has 0 unspecified atom stereocenters. The van der Waals surface area contributed by atoms with Gasteiger partial charge in [0.1, 0.15) is 10.7 Å². The van der Waals surface area contributed by atoms with Crippen LogP contribution in [0.4, 0.5) is 18.9 Å². The van der Waals surface area contributed by atoms with E-state index in [0.717, 1.165) is 5.56 Å². The summed E-state index contributed by atoms with van der Waals surface area (Å²) in [4.78, 5) is 16.6. The van der Waals surface area contributed by atoms with Crippen molar-refractivity contribution in [2.45, 2.75) is 24.5 Å². The maximum Gasteiger partial charge on any atom is 0.398 e. The summed E-state index contributed by atoms with van der Waals surface area (Å²) in [7, 11) is 0. The fourth-order valence-corrected chi connectivity index (χ4v) is 3.13. The largest absolute Gasteiger partial charge is 0.398 e. The summed E-state index contributed by atoms with van der Waals surface area (Å²) in [6.45, 7) is 2.03. The summed E-state index contributed by atoms with van der Waals surface area (Å²) >= 11 is 1.89. The van der Waals surface area contributed by atoms with Gasteiger partial charge in [0, 0.05) is 16.8 Å². The molecule has 0 fully saturated rings. The van der Waals surface area contributed by atoms with Crippen molar-refractivity contribution in [3.8, 4) is 0 Å². The van der Waals surface area contributed by atoms with E-state index in [1.165, 1.54) is 11.3 Å². The molecule has 2 aromatic rings. The van der Waals surface area contributed by atoms with Crippen molar-refractivity contribution >= 4 is 34.7 Å². The SMILES string of the molecule is Cc1ccc(SCC(F)(F)F)c(NC(=O)c2csc(CN)n2)c1. The fourth-order valence-electron chi connectivity index (χ4n) is 1.72. The minimum absolute atomic E-state index is 0.198. The monoisotopic (exact) mass is 361 g/mol. The van der Waals surface area contributed by atoms with Crippen molar-refractivity contribution in [3.05, 3.63) is 39.8 Å². The highest BCUT2D eigenvalue weighted by Gasteiger charge is 2.28. The molecule has 2 rings (SSSR count). The summed E-state index contributed by atoms with van der Waals surface area (Å²) in [5, 5.41) is 4.80. The number of alkyl halides is 3. The molecule has 1 heterocycles. The lowest BCUT2D eigenvalue weighted by Crippen LogP contribution is -2.14. The lowest BCUT2D eigenvalue weighted by atomic mass is 10.2. The van der Waals surface area contributed by atoms with E-state index in [4.69, 9.17) is 5.73 Å². The number of aryl methyl sites for hydroxylation is 1. The van der Waals surface area contributed by atoms with Crippen LogP contribution in [0, 0.1) is 6.92 Å². The van der Waals surface area contributed by atoms with Crippen molar-refractivity contribution in [1.29, 1.82) is 0 Å². The van der Waals surface area contributed by atoms with Crippen LogP contribution in [0.5, 0.6) is 0 Å². The van der Waals surface area contributed by atoms with E-state index in [-0.39, 0.29) is 12.2 Å². The molecular weight excluding hydrogens is 347 g/mol. The number of thiazole rings is 1. The number of thioether (sulfide) groups is 1. The lowest BCUT2D eigenvalue weighted by Gasteiger charge is -2.12. The highest BCUT2D eigenvalue weighted by molar-refractivity contribution is 7.99. The molecule has 0 aliphatic carbocycles. The van der Waals surface area contributed by atoms with Gasteiger partial charge in [-0.1, -0.05) is 6.07 Å². The molecule has 0 saturated carbocycles. The second-order valence-electron chi connectivity index (χ2n) is 4.69. The van der Waals surface area contributed by atoms with Gasteiger partial charge < -0.3 is 11.1 Å². The summed E-state index contributed by atoms with van der Waals surface area (Å²) < 4.78 is 37.2. The van der Waals surface area contributed by atoms with E-state index in [1.54, 1.807) is 30.5 Å². The minimum Gasteiger partial charge on any atom is -0.325 e. The van der Waals surface area contributed by atoms with Crippen molar-refractivity contribution in [2.75, 3.05) is 11.1 Å². The average Bonchev–Trinajstić information content (AvgIpc) is 2.94. The molecule has 0 bridgehead atoms. The number of rotatable bonds is 5. The Labute approximate surface area is 139 Å². The maximum atomic E-state index is 12.4. The van der Waals surface area contributed by atoms with E-state index >= 15 is 0 Å². The standard InChI is InChI=1S/C14H14F3N3OS2/c1-8-2-3-11(23-7-14(15,16)17)9(4-8)20-13(21)10-6-22-12(5-18)19-10/h2-4,6H,5,7,18H2,1H3,(H,20,21). The third-order valence-electron chi connectivity index (χ3n) is 2.73. The molecule has 0 spiro atoms. The minimum atomic E-state index is -4.28. The number of hydrogen-bond acceptors (Lipinski definition) is 5. The predicted molar refractivity (Wildman–Crippen MR) is 85.9 cm³/mol. The third-order valence-corrected chi connectivity index (χ3v) is 4.74. The molecule has 23 heavy (non-hydrogen) atoms. The second kappa shape index (κ2) is 7.33. The number of nitrogens with zero attached hydrogens (tertiary/aromatic N) is 1. The summed E-state index contributed by atoms with van der Waals surface area (Å²) in [5.41, 5.74) is 6.81. The Hall–Kier alpha value is -1.58. The van der Waals surface area contributed by atoms with Crippen molar-refractivity contribution in [3.63, 3.8) is 0 Å². The van der Waals surface area contributed by atoms with Crippen LogP contribution in [-0.4, -0.2) is 22.8 Å². The van der Waals surface area contributed by atoms with Gasteiger partial charge in [0.2, 0.25) is 0 Å². The molecule has 4 nitrogen and oxygen atoms in total. The van der Waals surface area contributed by atoms with Gasteiger partial charge >= 0.3 is 6.18 Å². The van der Waals surface area contributed by atoms with Gasteiger partial charge in [0.25, 0.3) is 5.91 Å². The van der Waals surface area contributed by atoms with E-state index < -0.39 is 17.8 Å². The molecule has 1 amide bonds. The number of benzene rings is 1. The Morgan fingerprint density at radius 1 is 1.43 bits per heavy atom. The zero-order chi connectivity index (χ0) is 17.0. The summed E-state index contributed by atoms with van der Waals surface area (Å²) in [5.74, 6) is -1.49. The quantitative estimate of drug-likeness (QED) is 0.795. The van der Waals surface area contributed by atoms with Gasteiger partial charge in [-0.25, -0.2) is 4.98 Å². The topological polar surface area (TPSA) is 68.0 Å².